The average molecular weight is 363 g/mol. The molecule has 0 atom stereocenters. The molecule has 0 saturated heterocycles. The van der Waals surface area contributed by atoms with Gasteiger partial charge in [-0.2, -0.15) is 0 Å². The van der Waals surface area contributed by atoms with E-state index in [1.54, 1.807) is 0 Å². The van der Waals surface area contributed by atoms with Crippen molar-refractivity contribution in [2.45, 2.75) is 26.4 Å². The summed E-state index contributed by atoms with van der Waals surface area (Å²) in [5, 5.41) is 4.63. The maximum Gasteiger partial charge on any atom is 0.231 e. The number of hydrogen-bond acceptors (Lipinski definition) is 5. The predicted molar refractivity (Wildman–Crippen MR) is 108 cm³/mol. The number of anilines is 1. The highest BCUT2D eigenvalue weighted by Crippen LogP contribution is 2.37. The number of benzene rings is 2. The highest BCUT2D eigenvalue weighted by molar-refractivity contribution is 5.93. The quantitative estimate of drug-likeness (QED) is 0.679. The first-order valence-electron chi connectivity index (χ1n) is 9.41. The molecule has 0 aliphatic carbocycles. The highest BCUT2D eigenvalue weighted by Gasteiger charge is 2.16. The maximum absolute atomic E-state index is 5.52. The molecule has 0 unspecified atom stereocenters. The van der Waals surface area contributed by atoms with Crippen molar-refractivity contribution >= 4 is 16.6 Å². The Balaban J connectivity index is 1.45. The molecular weight excluding hydrogens is 338 g/mol. The summed E-state index contributed by atoms with van der Waals surface area (Å²) in [5.41, 5.74) is 3.32. The summed E-state index contributed by atoms with van der Waals surface area (Å²) in [7, 11) is 0. The van der Waals surface area contributed by atoms with Gasteiger partial charge in [-0.25, -0.2) is 0 Å². The second kappa shape index (κ2) is 7.84. The first kappa shape index (κ1) is 17.6. The number of fused-ring (bicyclic) bond motifs is 2. The van der Waals surface area contributed by atoms with Gasteiger partial charge in [0.15, 0.2) is 11.5 Å². The molecule has 0 saturated carbocycles. The third-order valence-corrected chi connectivity index (χ3v) is 4.91. The highest BCUT2D eigenvalue weighted by atomic mass is 16.7. The normalized spacial score (nSPS) is 12.9. The first-order chi connectivity index (χ1) is 13.2. The van der Waals surface area contributed by atoms with E-state index in [-0.39, 0.29) is 6.79 Å². The van der Waals surface area contributed by atoms with Crippen LogP contribution in [-0.4, -0.2) is 35.8 Å². The van der Waals surface area contributed by atoms with E-state index in [4.69, 9.17) is 9.47 Å². The largest absolute Gasteiger partial charge is 0.454 e. The molecule has 0 bridgehead atoms. The molecule has 1 N–H and O–H groups in total. The zero-order chi connectivity index (χ0) is 18.6. The molecule has 140 valence electrons. The van der Waals surface area contributed by atoms with Crippen LogP contribution >= 0.6 is 0 Å². The fraction of sp³-hybridized carbons (Fsp3) is 0.318. The van der Waals surface area contributed by atoms with Gasteiger partial charge in [0.05, 0.1) is 5.52 Å². The van der Waals surface area contributed by atoms with Crippen LogP contribution in [0.15, 0.2) is 54.7 Å². The lowest BCUT2D eigenvalue weighted by atomic mass is 10.1. The standard InChI is InChI=1S/C22H25N3O2/c1-16(2)25(14-17-6-4-3-5-7-17)11-10-24-19-8-9-23-20-13-22-21(12-18(19)20)26-15-27-22/h3-9,12-13,16H,10-11,14-15H2,1-2H3,(H,23,24). The molecule has 1 aromatic heterocycles. The Morgan fingerprint density at radius 2 is 1.85 bits per heavy atom. The Morgan fingerprint density at radius 3 is 2.63 bits per heavy atom. The Bertz CT molecular complexity index is 912. The maximum atomic E-state index is 5.52. The molecule has 0 fully saturated rings. The number of hydrogen-bond donors (Lipinski definition) is 1. The third-order valence-electron chi connectivity index (χ3n) is 4.91. The van der Waals surface area contributed by atoms with Crippen molar-refractivity contribution in [1.29, 1.82) is 0 Å². The molecule has 5 nitrogen and oxygen atoms in total. The number of nitrogens with one attached hydrogen (secondary N) is 1. The van der Waals surface area contributed by atoms with E-state index in [1.165, 1.54) is 5.56 Å². The SMILES string of the molecule is CC(C)N(CCNc1ccnc2cc3c(cc12)OCO3)Cc1ccccc1. The van der Waals surface area contributed by atoms with Crippen LogP contribution in [0.1, 0.15) is 19.4 Å². The van der Waals surface area contributed by atoms with Gasteiger partial charge >= 0.3 is 0 Å². The lowest BCUT2D eigenvalue weighted by Gasteiger charge is -2.27. The van der Waals surface area contributed by atoms with Crippen LogP contribution < -0.4 is 14.8 Å². The number of aromatic nitrogens is 1. The molecule has 0 spiro atoms. The van der Waals surface area contributed by atoms with E-state index in [0.29, 0.717) is 6.04 Å². The number of nitrogens with zero attached hydrogens (tertiary/aromatic N) is 2. The van der Waals surface area contributed by atoms with Crippen molar-refractivity contribution in [3.8, 4) is 11.5 Å². The second-order valence-corrected chi connectivity index (χ2v) is 7.06. The third kappa shape index (κ3) is 3.98. The van der Waals surface area contributed by atoms with Crippen LogP contribution in [0.25, 0.3) is 10.9 Å². The Morgan fingerprint density at radius 1 is 1.07 bits per heavy atom. The van der Waals surface area contributed by atoms with Crippen LogP contribution in [0, 0.1) is 0 Å². The van der Waals surface area contributed by atoms with Gasteiger partial charge in [-0.1, -0.05) is 30.3 Å². The fourth-order valence-corrected chi connectivity index (χ4v) is 3.36. The predicted octanol–water partition coefficient (Wildman–Crippen LogP) is 4.29. The van der Waals surface area contributed by atoms with Gasteiger partial charge < -0.3 is 14.8 Å². The molecule has 2 aromatic carbocycles. The van der Waals surface area contributed by atoms with Gasteiger partial charge in [0.2, 0.25) is 6.79 Å². The minimum absolute atomic E-state index is 0.275. The Hall–Kier alpha value is -2.79. The fourth-order valence-electron chi connectivity index (χ4n) is 3.36. The zero-order valence-corrected chi connectivity index (χ0v) is 15.8. The molecule has 1 aliphatic heterocycles. The van der Waals surface area contributed by atoms with Gasteiger partial charge in [0, 0.05) is 49.0 Å². The smallest absolute Gasteiger partial charge is 0.231 e. The number of ether oxygens (including phenoxy) is 2. The number of rotatable bonds is 7. The molecule has 5 heteroatoms. The lowest BCUT2D eigenvalue weighted by Crippen LogP contribution is -2.34. The topological polar surface area (TPSA) is 46.6 Å². The van der Waals surface area contributed by atoms with E-state index < -0.39 is 0 Å². The van der Waals surface area contributed by atoms with Gasteiger partial charge in [-0.05, 0) is 31.5 Å². The monoisotopic (exact) mass is 363 g/mol. The summed E-state index contributed by atoms with van der Waals surface area (Å²) in [6, 6.07) is 17.1. The summed E-state index contributed by atoms with van der Waals surface area (Å²) < 4.78 is 11.0. The molecule has 1 aliphatic rings. The molecule has 3 aromatic rings. The lowest BCUT2D eigenvalue weighted by molar-refractivity contribution is 0.174. The van der Waals surface area contributed by atoms with Gasteiger partial charge in [0.1, 0.15) is 0 Å². The van der Waals surface area contributed by atoms with Crippen LogP contribution in [0.4, 0.5) is 5.69 Å². The van der Waals surface area contributed by atoms with E-state index in [0.717, 1.165) is 47.7 Å². The van der Waals surface area contributed by atoms with Crippen molar-refractivity contribution in [3.05, 3.63) is 60.3 Å². The summed E-state index contributed by atoms with van der Waals surface area (Å²) >= 11 is 0. The van der Waals surface area contributed by atoms with E-state index in [1.807, 2.05) is 24.4 Å². The van der Waals surface area contributed by atoms with Crippen molar-refractivity contribution in [3.63, 3.8) is 0 Å². The van der Waals surface area contributed by atoms with Crippen molar-refractivity contribution in [1.82, 2.24) is 9.88 Å². The minimum Gasteiger partial charge on any atom is -0.454 e. The van der Waals surface area contributed by atoms with Crippen molar-refractivity contribution in [2.75, 3.05) is 25.2 Å². The van der Waals surface area contributed by atoms with Gasteiger partial charge in [0.25, 0.3) is 0 Å². The van der Waals surface area contributed by atoms with Gasteiger partial charge in [-0.15, -0.1) is 0 Å². The summed E-state index contributed by atoms with van der Waals surface area (Å²) in [6.07, 6.45) is 1.83. The van der Waals surface area contributed by atoms with Crippen LogP contribution in [0.3, 0.4) is 0 Å². The van der Waals surface area contributed by atoms with Crippen LogP contribution in [0.2, 0.25) is 0 Å². The van der Waals surface area contributed by atoms with E-state index in [9.17, 15) is 0 Å². The van der Waals surface area contributed by atoms with E-state index in [2.05, 4.69) is 59.4 Å². The summed E-state index contributed by atoms with van der Waals surface area (Å²) in [5.74, 6) is 1.55. The van der Waals surface area contributed by atoms with Crippen molar-refractivity contribution in [2.24, 2.45) is 0 Å². The molecule has 0 amide bonds. The Labute approximate surface area is 159 Å². The summed E-state index contributed by atoms with van der Waals surface area (Å²) in [6.45, 7) is 7.53. The number of pyridine rings is 1. The Kier molecular flexibility index (Phi) is 5.12. The average Bonchev–Trinajstić information content (AvgIpc) is 3.14. The first-order valence-corrected chi connectivity index (χ1v) is 9.41. The van der Waals surface area contributed by atoms with Crippen LogP contribution in [0.5, 0.6) is 11.5 Å². The van der Waals surface area contributed by atoms with Gasteiger partial charge in [-0.3, -0.25) is 9.88 Å². The molecule has 0 radical (unpaired) electrons. The summed E-state index contributed by atoms with van der Waals surface area (Å²) in [4.78, 5) is 6.93. The minimum atomic E-state index is 0.275. The molecular formula is C22H25N3O2. The van der Waals surface area contributed by atoms with Crippen LogP contribution in [-0.2, 0) is 6.54 Å². The molecule has 4 rings (SSSR count). The zero-order valence-electron chi connectivity index (χ0n) is 15.8. The van der Waals surface area contributed by atoms with Crippen molar-refractivity contribution < 1.29 is 9.47 Å². The second-order valence-electron chi connectivity index (χ2n) is 7.06. The molecule has 27 heavy (non-hydrogen) atoms. The molecule has 2 heterocycles. The van der Waals surface area contributed by atoms with E-state index >= 15 is 0 Å².